The van der Waals surface area contributed by atoms with Gasteiger partial charge in [-0.15, -0.1) is 12.4 Å². The minimum absolute atomic E-state index is 0. The Labute approximate surface area is 222 Å². The van der Waals surface area contributed by atoms with E-state index in [-0.39, 0.29) is 36.5 Å². The molecule has 0 bridgehead atoms. The molecule has 0 spiro atoms. The Morgan fingerprint density at radius 3 is 2.54 bits per heavy atom. The number of hydrogen-bond acceptors (Lipinski definition) is 5. The van der Waals surface area contributed by atoms with Gasteiger partial charge in [-0.1, -0.05) is 35.6 Å². The van der Waals surface area contributed by atoms with Crippen LogP contribution in [0.4, 0.5) is 22.7 Å². The number of benzene rings is 2. The zero-order valence-corrected chi connectivity index (χ0v) is 22.0. The molecule has 0 unspecified atom stereocenters. The molecule has 1 fully saturated rings. The summed E-state index contributed by atoms with van der Waals surface area (Å²) in [5.74, 6) is 0.00256. The molecule has 0 aliphatic carbocycles. The summed E-state index contributed by atoms with van der Waals surface area (Å²) in [7, 11) is -3.96. The fourth-order valence-corrected chi connectivity index (χ4v) is 6.89. The Hall–Kier alpha value is -2.25. The van der Waals surface area contributed by atoms with Crippen molar-refractivity contribution in [2.45, 2.75) is 37.9 Å². The molecule has 1 aromatic heterocycles. The number of nitrogens with one attached hydrogen (secondary N) is 2. The van der Waals surface area contributed by atoms with Gasteiger partial charge in [0, 0.05) is 13.1 Å². The molecule has 5 rings (SSSR count). The molecule has 2 aromatic carbocycles. The van der Waals surface area contributed by atoms with E-state index < -0.39 is 27.1 Å². The number of rotatable bonds is 5. The van der Waals surface area contributed by atoms with Gasteiger partial charge >= 0.3 is 16.4 Å². The van der Waals surface area contributed by atoms with Crippen LogP contribution in [0, 0.1) is 5.13 Å². The summed E-state index contributed by atoms with van der Waals surface area (Å²) in [5.41, 5.74) is 3.33. The van der Waals surface area contributed by atoms with Crippen LogP contribution < -0.4 is 10.0 Å². The van der Waals surface area contributed by atoms with Crippen molar-refractivity contribution < 1.29 is 26.0 Å². The minimum Gasteiger partial charge on any atom is -0.317 e. The average Bonchev–Trinajstić information content (AvgIpc) is 3.26. The van der Waals surface area contributed by atoms with Gasteiger partial charge < -0.3 is 5.32 Å². The van der Waals surface area contributed by atoms with E-state index in [4.69, 9.17) is 0 Å². The highest BCUT2D eigenvalue weighted by molar-refractivity contribution is 7.90. The van der Waals surface area contributed by atoms with Crippen molar-refractivity contribution in [2.24, 2.45) is 0 Å². The first kappa shape index (κ1) is 27.8. The van der Waals surface area contributed by atoms with Crippen LogP contribution >= 0.6 is 23.7 Å². The van der Waals surface area contributed by atoms with Crippen molar-refractivity contribution in [1.82, 2.24) is 14.6 Å². The SMILES string of the molecule is Cl.O=S(=O)(Nc1ncc(F)s1)N1CCc2c(cccc2-c2ccc(C(F)(F)F)cc2C2CCNCC2)C1. The van der Waals surface area contributed by atoms with Gasteiger partial charge in [0.2, 0.25) is 0 Å². The third-order valence-corrected chi connectivity index (χ3v) is 8.99. The number of piperidine rings is 1. The van der Waals surface area contributed by atoms with Gasteiger partial charge in [0.05, 0.1) is 11.8 Å². The Bertz CT molecular complexity index is 1380. The van der Waals surface area contributed by atoms with Crippen LogP contribution in [0.2, 0.25) is 0 Å². The number of halogens is 5. The maximum absolute atomic E-state index is 13.5. The molecular formula is C24H25ClF4N4O2S2. The average molecular weight is 577 g/mol. The van der Waals surface area contributed by atoms with Gasteiger partial charge in [0.1, 0.15) is 0 Å². The van der Waals surface area contributed by atoms with E-state index in [2.05, 4.69) is 15.0 Å². The highest BCUT2D eigenvalue weighted by atomic mass is 35.5. The Balaban J connectivity index is 0.00000320. The smallest absolute Gasteiger partial charge is 0.317 e. The van der Waals surface area contributed by atoms with Crippen molar-refractivity contribution in [1.29, 1.82) is 0 Å². The molecular weight excluding hydrogens is 552 g/mol. The van der Waals surface area contributed by atoms with E-state index in [1.807, 2.05) is 12.1 Å². The van der Waals surface area contributed by atoms with Crippen LogP contribution in [0.25, 0.3) is 11.1 Å². The van der Waals surface area contributed by atoms with Crippen molar-refractivity contribution in [3.05, 3.63) is 70.0 Å². The van der Waals surface area contributed by atoms with Crippen LogP contribution in [0.5, 0.6) is 0 Å². The molecule has 2 N–H and O–H groups in total. The summed E-state index contributed by atoms with van der Waals surface area (Å²) in [4.78, 5) is 3.71. The van der Waals surface area contributed by atoms with E-state index in [1.54, 1.807) is 12.1 Å². The summed E-state index contributed by atoms with van der Waals surface area (Å²) >= 11 is 0.603. The normalized spacial score (nSPS) is 17.2. The molecule has 3 heterocycles. The van der Waals surface area contributed by atoms with E-state index in [0.717, 1.165) is 60.4 Å². The molecule has 1 saturated heterocycles. The largest absolute Gasteiger partial charge is 0.416 e. The van der Waals surface area contributed by atoms with Gasteiger partial charge in [0.25, 0.3) is 0 Å². The molecule has 6 nitrogen and oxygen atoms in total. The number of fused-ring (bicyclic) bond motifs is 1. The lowest BCUT2D eigenvalue weighted by atomic mass is 9.81. The quantitative estimate of drug-likeness (QED) is 0.389. The van der Waals surface area contributed by atoms with Gasteiger partial charge in [0.15, 0.2) is 10.3 Å². The topological polar surface area (TPSA) is 74.3 Å². The molecule has 3 aromatic rings. The summed E-state index contributed by atoms with van der Waals surface area (Å²) in [6, 6.07) is 9.48. The summed E-state index contributed by atoms with van der Waals surface area (Å²) in [6.07, 6.45) is -1.59. The summed E-state index contributed by atoms with van der Waals surface area (Å²) in [5, 5.41) is 2.61. The lowest BCUT2D eigenvalue weighted by molar-refractivity contribution is -0.137. The first-order valence-electron chi connectivity index (χ1n) is 11.5. The first-order chi connectivity index (χ1) is 17.1. The van der Waals surface area contributed by atoms with E-state index in [9.17, 15) is 26.0 Å². The highest BCUT2D eigenvalue weighted by Gasteiger charge is 2.33. The zero-order valence-electron chi connectivity index (χ0n) is 19.5. The number of thiazole rings is 1. The standard InChI is InChI=1S/C24H24F4N4O2S2.ClH/c25-22-13-30-23(35-22)31-36(33,34)32-11-8-18-16(14-32)2-1-3-19(18)20-5-4-17(24(26,27)28)12-21(20)15-6-9-29-10-7-15;/h1-5,12-13,15,29H,6-11,14H2,(H,30,31);1H. The monoisotopic (exact) mass is 576 g/mol. The molecule has 0 amide bonds. The van der Waals surface area contributed by atoms with Crippen LogP contribution in [-0.4, -0.2) is 37.3 Å². The van der Waals surface area contributed by atoms with Crippen LogP contribution in [0.15, 0.2) is 42.6 Å². The molecule has 13 heteroatoms. The van der Waals surface area contributed by atoms with Crippen molar-refractivity contribution in [3.63, 3.8) is 0 Å². The predicted octanol–water partition coefficient (Wildman–Crippen LogP) is 5.57. The Morgan fingerprint density at radius 1 is 1.11 bits per heavy atom. The maximum atomic E-state index is 13.5. The fourth-order valence-electron chi connectivity index (χ4n) is 4.97. The van der Waals surface area contributed by atoms with Crippen molar-refractivity contribution >= 4 is 39.1 Å². The number of alkyl halides is 3. The first-order valence-corrected chi connectivity index (χ1v) is 13.8. The van der Waals surface area contributed by atoms with E-state index >= 15 is 0 Å². The second-order valence-corrected chi connectivity index (χ2v) is 11.6. The summed E-state index contributed by atoms with van der Waals surface area (Å²) < 4.78 is 83.2. The van der Waals surface area contributed by atoms with E-state index in [0.29, 0.717) is 23.3 Å². The number of hydrogen-bond donors (Lipinski definition) is 2. The van der Waals surface area contributed by atoms with Gasteiger partial charge in [-0.25, -0.2) is 9.71 Å². The molecule has 0 radical (unpaired) electrons. The highest BCUT2D eigenvalue weighted by Crippen LogP contribution is 2.41. The minimum atomic E-state index is -4.43. The molecule has 2 aliphatic heterocycles. The lowest BCUT2D eigenvalue weighted by Crippen LogP contribution is -2.39. The second kappa shape index (κ2) is 10.9. The third-order valence-electron chi connectivity index (χ3n) is 6.71. The Morgan fingerprint density at radius 2 is 1.86 bits per heavy atom. The number of nitrogens with zero attached hydrogens (tertiary/aromatic N) is 2. The third kappa shape index (κ3) is 5.93. The molecule has 0 atom stereocenters. The molecule has 2 aliphatic rings. The number of aromatic nitrogens is 1. The van der Waals surface area contributed by atoms with E-state index in [1.165, 1.54) is 10.4 Å². The van der Waals surface area contributed by atoms with Crippen molar-refractivity contribution in [3.8, 4) is 11.1 Å². The second-order valence-electron chi connectivity index (χ2n) is 8.93. The molecule has 0 saturated carbocycles. The van der Waals surface area contributed by atoms with Crippen molar-refractivity contribution in [2.75, 3.05) is 24.4 Å². The van der Waals surface area contributed by atoms with Gasteiger partial charge in [-0.2, -0.15) is 30.3 Å². The van der Waals surface area contributed by atoms with Gasteiger partial charge in [-0.3, -0.25) is 0 Å². The number of anilines is 1. The summed E-state index contributed by atoms with van der Waals surface area (Å²) in [6.45, 7) is 1.76. The van der Waals surface area contributed by atoms with Gasteiger partial charge in [-0.05, 0) is 78.2 Å². The maximum Gasteiger partial charge on any atom is 0.416 e. The van der Waals surface area contributed by atoms with Crippen LogP contribution in [0.3, 0.4) is 0 Å². The van der Waals surface area contributed by atoms with Crippen LogP contribution in [-0.2, 0) is 29.4 Å². The van der Waals surface area contributed by atoms with Crippen LogP contribution in [0.1, 0.15) is 41.0 Å². The fraction of sp³-hybridized carbons (Fsp3) is 0.375. The predicted molar refractivity (Wildman–Crippen MR) is 138 cm³/mol. The zero-order chi connectivity index (χ0) is 25.5. The molecule has 37 heavy (non-hydrogen) atoms. The Kier molecular flexibility index (Phi) is 8.15. The molecule has 200 valence electrons. The lowest BCUT2D eigenvalue weighted by Gasteiger charge is -2.31.